The van der Waals surface area contributed by atoms with Crippen molar-refractivity contribution in [1.29, 1.82) is 0 Å². The molecule has 20 heavy (non-hydrogen) atoms. The van der Waals surface area contributed by atoms with Crippen molar-refractivity contribution >= 4 is 6.09 Å². The minimum atomic E-state index is -0.450. The Kier molecular flexibility index (Phi) is 7.30. The molecule has 5 nitrogen and oxygen atoms in total. The third kappa shape index (κ3) is 7.10. The van der Waals surface area contributed by atoms with Gasteiger partial charge in [0.25, 0.3) is 0 Å². The Morgan fingerprint density at radius 3 is 2.45 bits per heavy atom. The van der Waals surface area contributed by atoms with E-state index in [0.29, 0.717) is 25.0 Å². The quantitative estimate of drug-likeness (QED) is 0.652. The number of aliphatic hydroxyl groups is 1. The average molecular weight is 286 g/mol. The maximum atomic E-state index is 11.4. The molecule has 118 valence electrons. The molecule has 2 atom stereocenters. The van der Waals surface area contributed by atoms with Crippen LogP contribution in [0.25, 0.3) is 0 Å². The molecule has 0 aliphatic heterocycles. The second-order valence-corrected chi connectivity index (χ2v) is 6.62. The predicted octanol–water partition coefficient (Wildman–Crippen LogP) is 1.90. The second kappa shape index (κ2) is 8.47. The Labute approximate surface area is 122 Å². The zero-order valence-corrected chi connectivity index (χ0v) is 13.1. The summed E-state index contributed by atoms with van der Waals surface area (Å²) in [5.41, 5.74) is -0.450. The largest absolute Gasteiger partial charge is 0.444 e. The lowest BCUT2D eigenvalue weighted by molar-refractivity contribution is 0.0528. The minimum absolute atomic E-state index is 0.294. The van der Waals surface area contributed by atoms with E-state index in [4.69, 9.17) is 4.74 Å². The molecule has 3 N–H and O–H groups in total. The van der Waals surface area contributed by atoms with Crippen LogP contribution < -0.4 is 10.6 Å². The number of amides is 1. The van der Waals surface area contributed by atoms with Gasteiger partial charge in [-0.1, -0.05) is 12.8 Å². The van der Waals surface area contributed by atoms with E-state index in [1.54, 1.807) is 0 Å². The predicted molar refractivity (Wildman–Crippen MR) is 79.6 cm³/mol. The third-order valence-corrected chi connectivity index (χ3v) is 3.68. The van der Waals surface area contributed by atoms with E-state index in [2.05, 4.69) is 10.6 Å². The number of nitrogens with one attached hydrogen (secondary N) is 2. The van der Waals surface area contributed by atoms with Crippen LogP contribution in [0.3, 0.4) is 0 Å². The zero-order chi connectivity index (χ0) is 15.0. The monoisotopic (exact) mass is 286 g/mol. The van der Waals surface area contributed by atoms with Gasteiger partial charge in [0.2, 0.25) is 0 Å². The van der Waals surface area contributed by atoms with Gasteiger partial charge in [-0.2, -0.15) is 0 Å². The zero-order valence-electron chi connectivity index (χ0n) is 13.1. The first-order chi connectivity index (χ1) is 9.42. The summed E-state index contributed by atoms with van der Waals surface area (Å²) >= 11 is 0. The number of carbonyl (C=O) groups is 1. The summed E-state index contributed by atoms with van der Waals surface area (Å²) in [5, 5.41) is 15.4. The summed E-state index contributed by atoms with van der Waals surface area (Å²) < 4.78 is 5.16. The first-order valence-electron chi connectivity index (χ1n) is 7.71. The molecular formula is C15H30N2O3. The first-order valence-corrected chi connectivity index (χ1v) is 7.71. The van der Waals surface area contributed by atoms with Crippen LogP contribution in [0, 0.1) is 11.8 Å². The molecule has 1 amide bonds. The lowest BCUT2D eigenvalue weighted by Crippen LogP contribution is -2.38. The summed E-state index contributed by atoms with van der Waals surface area (Å²) in [5.74, 6) is 1.00. The smallest absolute Gasteiger partial charge is 0.407 e. The van der Waals surface area contributed by atoms with Gasteiger partial charge in [0, 0.05) is 19.7 Å². The van der Waals surface area contributed by atoms with Crippen LogP contribution in [0.5, 0.6) is 0 Å². The van der Waals surface area contributed by atoms with Crippen molar-refractivity contribution in [3.8, 4) is 0 Å². The highest BCUT2D eigenvalue weighted by atomic mass is 16.6. The van der Waals surface area contributed by atoms with Crippen LogP contribution in [0.2, 0.25) is 0 Å². The average Bonchev–Trinajstić information content (AvgIpc) is 2.36. The van der Waals surface area contributed by atoms with Gasteiger partial charge in [-0.05, 0) is 52.0 Å². The van der Waals surface area contributed by atoms with Gasteiger partial charge in [-0.15, -0.1) is 0 Å². The van der Waals surface area contributed by atoms with Crippen molar-refractivity contribution in [3.63, 3.8) is 0 Å². The number of hydrogen-bond acceptors (Lipinski definition) is 4. The minimum Gasteiger partial charge on any atom is -0.444 e. The molecule has 1 aliphatic carbocycles. The summed E-state index contributed by atoms with van der Waals surface area (Å²) in [6.07, 6.45) is 4.46. The topological polar surface area (TPSA) is 70.6 Å². The molecular weight excluding hydrogens is 256 g/mol. The van der Waals surface area contributed by atoms with Gasteiger partial charge in [-0.25, -0.2) is 4.79 Å². The van der Waals surface area contributed by atoms with Gasteiger partial charge >= 0.3 is 6.09 Å². The lowest BCUT2D eigenvalue weighted by Gasteiger charge is -2.30. The molecule has 0 aromatic carbocycles. The van der Waals surface area contributed by atoms with Gasteiger partial charge in [0.1, 0.15) is 5.60 Å². The molecule has 1 aliphatic rings. The molecule has 1 rings (SSSR count). The number of rotatable bonds is 6. The van der Waals surface area contributed by atoms with E-state index in [-0.39, 0.29) is 6.09 Å². The van der Waals surface area contributed by atoms with Crippen molar-refractivity contribution in [2.24, 2.45) is 11.8 Å². The lowest BCUT2D eigenvalue weighted by atomic mass is 9.79. The van der Waals surface area contributed by atoms with Gasteiger partial charge in [0.05, 0.1) is 0 Å². The molecule has 0 heterocycles. The van der Waals surface area contributed by atoms with Crippen LogP contribution in [-0.2, 0) is 4.74 Å². The third-order valence-electron chi connectivity index (χ3n) is 3.68. The van der Waals surface area contributed by atoms with E-state index in [0.717, 1.165) is 19.5 Å². The summed E-state index contributed by atoms with van der Waals surface area (Å²) in [6.45, 7) is 8.05. The van der Waals surface area contributed by atoms with Crippen molar-refractivity contribution in [2.45, 2.75) is 52.1 Å². The van der Waals surface area contributed by atoms with Gasteiger partial charge in [0.15, 0.2) is 0 Å². The molecule has 0 spiro atoms. The van der Waals surface area contributed by atoms with Gasteiger partial charge in [-0.3, -0.25) is 0 Å². The van der Waals surface area contributed by atoms with E-state index in [9.17, 15) is 9.90 Å². The Hall–Kier alpha value is -0.810. The molecule has 2 unspecified atom stereocenters. The first kappa shape index (κ1) is 17.2. The molecule has 0 saturated heterocycles. The molecule has 0 aromatic heterocycles. The summed E-state index contributed by atoms with van der Waals surface area (Å²) in [6, 6.07) is 0. The van der Waals surface area contributed by atoms with Crippen LogP contribution in [-0.4, -0.2) is 43.0 Å². The van der Waals surface area contributed by atoms with Crippen molar-refractivity contribution < 1.29 is 14.6 Å². The molecule has 0 aromatic rings. The maximum Gasteiger partial charge on any atom is 0.407 e. The number of carbonyl (C=O) groups excluding carboxylic acids is 1. The number of alkyl carbamates (subject to hydrolysis) is 1. The number of hydrogen-bond donors (Lipinski definition) is 3. The Balaban J connectivity index is 2.08. The fourth-order valence-electron chi connectivity index (χ4n) is 2.65. The van der Waals surface area contributed by atoms with Crippen molar-refractivity contribution in [1.82, 2.24) is 10.6 Å². The Bertz CT molecular complexity index is 289. The Morgan fingerprint density at radius 1 is 1.20 bits per heavy atom. The maximum absolute atomic E-state index is 11.4. The van der Waals surface area contributed by atoms with E-state index < -0.39 is 5.60 Å². The highest BCUT2D eigenvalue weighted by Crippen LogP contribution is 2.28. The number of aliphatic hydroxyl groups excluding tert-OH is 1. The standard InChI is InChI=1S/C15H30N2O3/c1-15(2,3)20-14(19)17-9-8-16-10-12-6-4-5-7-13(12)11-18/h12-13,16,18H,4-11H2,1-3H3,(H,17,19). The number of ether oxygens (including phenoxy) is 1. The molecule has 5 heteroatoms. The summed E-state index contributed by atoms with van der Waals surface area (Å²) in [7, 11) is 0. The Morgan fingerprint density at radius 2 is 1.85 bits per heavy atom. The van der Waals surface area contributed by atoms with Crippen molar-refractivity contribution in [2.75, 3.05) is 26.2 Å². The van der Waals surface area contributed by atoms with Crippen LogP contribution in [0.1, 0.15) is 46.5 Å². The van der Waals surface area contributed by atoms with Crippen molar-refractivity contribution in [3.05, 3.63) is 0 Å². The van der Waals surface area contributed by atoms with E-state index >= 15 is 0 Å². The highest BCUT2D eigenvalue weighted by molar-refractivity contribution is 5.67. The fraction of sp³-hybridized carbons (Fsp3) is 0.933. The van der Waals surface area contributed by atoms with Crippen LogP contribution in [0.4, 0.5) is 4.79 Å². The van der Waals surface area contributed by atoms with Crippen LogP contribution >= 0.6 is 0 Å². The normalized spacial score (nSPS) is 23.4. The van der Waals surface area contributed by atoms with E-state index in [1.807, 2.05) is 20.8 Å². The van der Waals surface area contributed by atoms with E-state index in [1.165, 1.54) is 19.3 Å². The highest BCUT2D eigenvalue weighted by Gasteiger charge is 2.23. The fourth-order valence-corrected chi connectivity index (χ4v) is 2.65. The molecule has 0 bridgehead atoms. The van der Waals surface area contributed by atoms with Crippen LogP contribution in [0.15, 0.2) is 0 Å². The molecule has 1 saturated carbocycles. The summed E-state index contributed by atoms with van der Waals surface area (Å²) in [4.78, 5) is 11.4. The second-order valence-electron chi connectivity index (χ2n) is 6.62. The van der Waals surface area contributed by atoms with Gasteiger partial charge < -0.3 is 20.5 Å². The molecule has 1 fully saturated rings. The molecule has 0 radical (unpaired) electrons. The SMILES string of the molecule is CC(C)(C)OC(=O)NCCNCC1CCCCC1CO.